The standard InChI is InChI=1S/C6H6NO3S.C2H6.2Rb.H/c7-11-10-9-6-4-2-1-3-5(6)8;1-2;;;/h1-4,7-8H;1-2H3;;;/q-1;;2*+1;-1. The van der Waals surface area contributed by atoms with Crippen molar-refractivity contribution in [3.05, 3.63) is 29.4 Å². The van der Waals surface area contributed by atoms with Gasteiger partial charge in [-0.3, -0.25) is 0 Å². The number of aromatic hydroxyl groups is 1. The SMILES string of the molecule is CC.[H-].[NH-]SOOc1ccccc1O.[Rb+].[Rb+]. The Balaban J connectivity index is -0.000000136. The van der Waals surface area contributed by atoms with E-state index in [-0.39, 0.29) is 129 Å². The summed E-state index contributed by atoms with van der Waals surface area (Å²) in [6.45, 7) is 4.00. The van der Waals surface area contributed by atoms with Crippen LogP contribution in [0.15, 0.2) is 24.3 Å². The molecule has 0 saturated heterocycles. The normalized spacial score (nSPS) is 7.40. The number of rotatable bonds is 3. The molecular formula is C8H13NO3Rb2S. The molecule has 0 amide bonds. The number of phenols is 1. The second-order valence-corrected chi connectivity index (χ2v) is 2.01. The van der Waals surface area contributed by atoms with Gasteiger partial charge in [0.25, 0.3) is 0 Å². The topological polar surface area (TPSA) is 62.5 Å². The minimum Gasteiger partial charge on any atom is -1.00 e. The third kappa shape index (κ3) is 11.5. The first-order chi connectivity index (χ1) is 6.34. The van der Waals surface area contributed by atoms with Gasteiger partial charge in [-0.05, 0) is 12.1 Å². The van der Waals surface area contributed by atoms with Crippen LogP contribution in [0.5, 0.6) is 11.5 Å². The van der Waals surface area contributed by atoms with Crippen LogP contribution in [0.2, 0.25) is 0 Å². The predicted molar refractivity (Wildman–Crippen MR) is 54.2 cm³/mol. The predicted octanol–water partition coefficient (Wildman–Crippen LogP) is -2.54. The van der Waals surface area contributed by atoms with Crippen molar-refractivity contribution in [2.24, 2.45) is 0 Å². The number of hydrogen-bond acceptors (Lipinski definition) is 4. The zero-order valence-electron chi connectivity index (χ0n) is 10.5. The summed E-state index contributed by atoms with van der Waals surface area (Å²) in [6, 6.07) is 6.35. The van der Waals surface area contributed by atoms with Gasteiger partial charge in [0.2, 0.25) is 5.75 Å². The summed E-state index contributed by atoms with van der Waals surface area (Å²) in [5, 5.41) is 15.6. The largest absolute Gasteiger partial charge is 1.00 e. The first-order valence-electron chi connectivity index (χ1n) is 3.79. The summed E-state index contributed by atoms with van der Waals surface area (Å²) < 4.78 is 4.22. The quantitative estimate of drug-likeness (QED) is 0.274. The number of nitrogens with one attached hydrogen (secondary N) is 1. The fraction of sp³-hybridized carbons (Fsp3) is 0.250. The third-order valence-electron chi connectivity index (χ3n) is 1.02. The van der Waals surface area contributed by atoms with E-state index in [1.54, 1.807) is 12.1 Å². The van der Waals surface area contributed by atoms with Crippen molar-refractivity contribution in [3.63, 3.8) is 0 Å². The molecule has 0 saturated carbocycles. The summed E-state index contributed by atoms with van der Waals surface area (Å²) >= 11 is 0.322. The number of benzene rings is 1. The van der Waals surface area contributed by atoms with Gasteiger partial charge >= 0.3 is 116 Å². The Hall–Kier alpha value is 2.70. The monoisotopic (exact) mass is 373 g/mol. The molecule has 0 aliphatic heterocycles. The van der Waals surface area contributed by atoms with Crippen LogP contribution in [0, 0.1) is 0 Å². The second kappa shape index (κ2) is 16.7. The van der Waals surface area contributed by atoms with Crippen molar-refractivity contribution in [1.29, 1.82) is 0 Å². The van der Waals surface area contributed by atoms with Crippen molar-refractivity contribution in [2.75, 3.05) is 0 Å². The van der Waals surface area contributed by atoms with Gasteiger partial charge in [0.1, 0.15) is 0 Å². The van der Waals surface area contributed by atoms with E-state index in [1.165, 1.54) is 12.1 Å². The maximum absolute atomic E-state index is 9.06. The molecule has 0 bridgehead atoms. The van der Waals surface area contributed by atoms with Gasteiger partial charge in [0.15, 0.2) is 5.75 Å². The number of para-hydroxylation sites is 2. The van der Waals surface area contributed by atoms with E-state index in [1.807, 2.05) is 13.8 Å². The smallest absolute Gasteiger partial charge is 1.00 e. The van der Waals surface area contributed by atoms with Crippen LogP contribution in [-0.4, -0.2) is 5.11 Å². The fourth-order valence-corrected chi connectivity index (χ4v) is 0.689. The summed E-state index contributed by atoms with van der Waals surface area (Å²) in [5.74, 6) is 0.189. The van der Waals surface area contributed by atoms with Gasteiger partial charge in [-0.1, -0.05) is 38.2 Å². The van der Waals surface area contributed by atoms with Crippen LogP contribution >= 0.6 is 12.2 Å². The average Bonchev–Trinajstić information content (AvgIpc) is 2.20. The van der Waals surface area contributed by atoms with Crippen LogP contribution in [-0.2, 0) is 4.33 Å². The number of hydrogen-bond donors (Lipinski definition) is 1. The van der Waals surface area contributed by atoms with Crippen LogP contribution in [0.25, 0.3) is 5.14 Å². The van der Waals surface area contributed by atoms with Crippen molar-refractivity contribution in [1.82, 2.24) is 0 Å². The molecule has 0 heterocycles. The van der Waals surface area contributed by atoms with Crippen LogP contribution in [0.4, 0.5) is 0 Å². The molecule has 0 unspecified atom stereocenters. The molecule has 0 aliphatic rings. The van der Waals surface area contributed by atoms with Gasteiger partial charge in [-0.2, -0.15) is 0 Å². The second-order valence-electron chi connectivity index (χ2n) is 1.70. The fourth-order valence-electron chi connectivity index (χ4n) is 0.581. The van der Waals surface area contributed by atoms with Gasteiger partial charge < -0.3 is 16.6 Å². The maximum atomic E-state index is 9.06. The Kier molecular flexibility index (Phi) is 25.4. The zero-order valence-corrected chi connectivity index (χ0v) is 20.1. The Morgan fingerprint density at radius 3 is 2.27 bits per heavy atom. The van der Waals surface area contributed by atoms with Crippen molar-refractivity contribution in [3.8, 4) is 11.5 Å². The van der Waals surface area contributed by atoms with E-state index in [4.69, 9.17) is 10.2 Å². The van der Waals surface area contributed by atoms with Crippen molar-refractivity contribution in [2.45, 2.75) is 13.8 Å². The van der Waals surface area contributed by atoms with Crippen molar-refractivity contribution >= 4 is 12.2 Å². The van der Waals surface area contributed by atoms with E-state index in [9.17, 15) is 0 Å². The molecular weight excluding hydrogens is 361 g/mol. The Morgan fingerprint density at radius 1 is 1.27 bits per heavy atom. The first-order valence-corrected chi connectivity index (χ1v) is 4.53. The van der Waals surface area contributed by atoms with E-state index in [0.717, 1.165) is 0 Å². The Bertz CT molecular complexity index is 246. The molecule has 2 N–H and O–H groups in total. The molecule has 1 aromatic carbocycles. The molecule has 0 aromatic heterocycles. The first kappa shape index (κ1) is 22.8. The van der Waals surface area contributed by atoms with Gasteiger partial charge in [-0.15, -0.1) is 4.33 Å². The van der Waals surface area contributed by atoms with E-state index < -0.39 is 0 Å². The minimum atomic E-state index is -0.0125. The average molecular weight is 374 g/mol. The molecule has 1 rings (SSSR count). The third-order valence-corrected chi connectivity index (χ3v) is 1.16. The summed E-state index contributed by atoms with van der Waals surface area (Å²) in [5.41, 5.74) is 0. The van der Waals surface area contributed by atoms with Crippen LogP contribution in [0.3, 0.4) is 0 Å². The molecule has 0 spiro atoms. The molecule has 4 nitrogen and oxygen atoms in total. The summed E-state index contributed by atoms with van der Waals surface area (Å²) in [7, 11) is 0. The Labute approximate surface area is 194 Å². The number of phenolic OH excluding ortho intramolecular Hbond substituents is 1. The van der Waals surface area contributed by atoms with E-state index >= 15 is 0 Å². The molecule has 0 atom stereocenters. The molecule has 15 heavy (non-hydrogen) atoms. The van der Waals surface area contributed by atoms with Crippen LogP contribution in [0.1, 0.15) is 15.3 Å². The zero-order chi connectivity index (χ0) is 10.1. The molecule has 7 heteroatoms. The molecule has 76 valence electrons. The maximum Gasteiger partial charge on any atom is 1.00 e. The van der Waals surface area contributed by atoms with Gasteiger partial charge in [-0.25, -0.2) is 0 Å². The summed E-state index contributed by atoms with van der Waals surface area (Å²) in [6.07, 6.45) is 0. The van der Waals surface area contributed by atoms with Gasteiger partial charge in [0, 0.05) is 0 Å². The Morgan fingerprint density at radius 2 is 1.80 bits per heavy atom. The van der Waals surface area contributed by atoms with E-state index in [0.29, 0.717) is 12.2 Å². The van der Waals surface area contributed by atoms with Crippen LogP contribution < -0.4 is 121 Å². The molecule has 1 aromatic rings. The van der Waals surface area contributed by atoms with Gasteiger partial charge in [0.05, 0.1) is 0 Å². The molecule has 0 radical (unpaired) electrons. The molecule has 0 aliphatic carbocycles. The van der Waals surface area contributed by atoms with Crippen molar-refractivity contribution < 1.29 is 132 Å². The summed E-state index contributed by atoms with van der Waals surface area (Å²) in [4.78, 5) is 4.51. The minimum absolute atomic E-state index is 0. The van der Waals surface area contributed by atoms with E-state index in [2.05, 4.69) is 9.22 Å². The molecule has 0 fully saturated rings.